The van der Waals surface area contributed by atoms with Crippen molar-refractivity contribution < 1.29 is 0 Å². The summed E-state index contributed by atoms with van der Waals surface area (Å²) in [4.78, 5) is 0. The second-order valence-corrected chi connectivity index (χ2v) is 4.11. The topological polar surface area (TPSA) is 12.9 Å². The fourth-order valence-corrected chi connectivity index (χ4v) is 2.58. The highest BCUT2D eigenvalue weighted by Crippen LogP contribution is 2.41. The van der Waals surface area contributed by atoms with Crippen LogP contribution < -0.4 is 0 Å². The maximum atomic E-state index is 4.28. The molecule has 1 saturated carbocycles. The Labute approximate surface area is 63.0 Å². The molecule has 1 aliphatic rings. The molecule has 0 radical (unpaired) electrons. The van der Waals surface area contributed by atoms with E-state index in [2.05, 4.69) is 11.7 Å². The number of hydrogen-bond acceptors (Lipinski definition) is 1. The molecule has 2 rings (SSSR count). The molecule has 54 valence electrons. The summed E-state index contributed by atoms with van der Waals surface area (Å²) in [5.74, 6) is 0.917. The molecule has 1 aromatic heterocycles. The van der Waals surface area contributed by atoms with Gasteiger partial charge in [-0.3, -0.25) is 0 Å². The molecule has 0 spiro atoms. The highest BCUT2D eigenvalue weighted by atomic mass is 31.0. The molecular weight excluding hydrogens is 141 g/mol. The van der Waals surface area contributed by atoms with Crippen LogP contribution in [0.5, 0.6) is 0 Å². The molecule has 1 unspecified atom stereocenters. The van der Waals surface area contributed by atoms with Crippen molar-refractivity contribution in [2.24, 2.45) is 0 Å². The predicted octanol–water partition coefficient (Wildman–Crippen LogP) is 2.69. The first kappa shape index (κ1) is 6.42. The van der Waals surface area contributed by atoms with Crippen LogP contribution in [-0.4, -0.2) is 4.75 Å². The quantitative estimate of drug-likeness (QED) is 0.604. The maximum Gasteiger partial charge on any atom is 0.0342 e. The van der Waals surface area contributed by atoms with Crippen LogP contribution in [0.15, 0.2) is 6.20 Å². The van der Waals surface area contributed by atoms with Crippen molar-refractivity contribution in [3.05, 3.63) is 17.1 Å². The van der Waals surface area contributed by atoms with E-state index in [1.807, 2.05) is 6.20 Å². The number of hydrogen-bond donors (Lipinski definition) is 0. The minimum atomic E-state index is 0.768. The Morgan fingerprint density at radius 3 is 2.80 bits per heavy atom. The van der Waals surface area contributed by atoms with Gasteiger partial charge in [0, 0.05) is 6.20 Å². The minimum Gasteiger partial charge on any atom is -0.248 e. The van der Waals surface area contributed by atoms with Crippen LogP contribution in [0.3, 0.4) is 0 Å². The Bertz CT molecular complexity index is 225. The lowest BCUT2D eigenvalue weighted by atomic mass is 9.83. The summed E-state index contributed by atoms with van der Waals surface area (Å²) in [5, 5.41) is 1.64. The van der Waals surface area contributed by atoms with Crippen molar-refractivity contribution in [2.75, 3.05) is 0 Å². The minimum absolute atomic E-state index is 0.768. The van der Waals surface area contributed by atoms with Crippen molar-refractivity contribution in [2.45, 2.75) is 32.1 Å². The molecule has 1 aromatic rings. The van der Waals surface area contributed by atoms with E-state index in [4.69, 9.17) is 0 Å². The van der Waals surface area contributed by atoms with Gasteiger partial charge in [-0.1, -0.05) is 6.42 Å². The third-order valence-corrected chi connectivity index (χ3v) is 3.68. The standard InChI is InChI=1S/C8H12NP/c1-6-5-9-10-8(6)7-3-2-4-7/h5,7,10H,2-4H2,1H3. The van der Waals surface area contributed by atoms with E-state index in [0.29, 0.717) is 0 Å². The van der Waals surface area contributed by atoms with Crippen LogP contribution in [0.1, 0.15) is 36.0 Å². The second kappa shape index (κ2) is 2.39. The van der Waals surface area contributed by atoms with Crippen molar-refractivity contribution >= 4 is 8.35 Å². The van der Waals surface area contributed by atoms with E-state index in [-0.39, 0.29) is 0 Å². The summed E-state index contributed by atoms with van der Waals surface area (Å²) in [6.07, 6.45) is 6.31. The number of rotatable bonds is 1. The first-order chi connectivity index (χ1) is 4.88. The van der Waals surface area contributed by atoms with Crippen LogP contribution in [0.4, 0.5) is 0 Å². The molecule has 0 amide bonds. The van der Waals surface area contributed by atoms with Crippen LogP contribution in [0.2, 0.25) is 0 Å². The summed E-state index contributed by atoms with van der Waals surface area (Å²) >= 11 is 0. The molecule has 1 aliphatic carbocycles. The molecule has 2 heteroatoms. The largest absolute Gasteiger partial charge is 0.248 e. The van der Waals surface area contributed by atoms with Gasteiger partial charge in [-0.05, 0) is 44.9 Å². The molecule has 0 aromatic carbocycles. The summed E-state index contributed by atoms with van der Waals surface area (Å²) in [6.45, 7) is 2.19. The monoisotopic (exact) mass is 153 g/mol. The first-order valence-corrected chi connectivity index (χ1v) is 4.82. The molecule has 1 nitrogen and oxygen atoms in total. The average molecular weight is 153 g/mol. The lowest BCUT2D eigenvalue weighted by Gasteiger charge is -2.24. The SMILES string of the molecule is Cc1cn[pH]c1C1CCC1. The van der Waals surface area contributed by atoms with Gasteiger partial charge >= 0.3 is 0 Å². The molecule has 0 saturated heterocycles. The van der Waals surface area contributed by atoms with Gasteiger partial charge in [0.2, 0.25) is 0 Å². The number of nitrogens with zero attached hydrogens (tertiary/aromatic N) is 1. The lowest BCUT2D eigenvalue weighted by Crippen LogP contribution is -2.07. The Balaban J connectivity index is 2.23. The molecule has 1 heterocycles. The summed E-state index contributed by atoms with van der Waals surface area (Å²) in [7, 11) is 0.768. The second-order valence-electron chi connectivity index (χ2n) is 3.09. The molecule has 1 atom stereocenters. The van der Waals surface area contributed by atoms with E-state index in [0.717, 1.165) is 14.3 Å². The van der Waals surface area contributed by atoms with E-state index in [1.54, 1.807) is 5.30 Å². The summed E-state index contributed by atoms with van der Waals surface area (Å²) in [5.41, 5.74) is 1.45. The highest BCUT2D eigenvalue weighted by Gasteiger charge is 2.21. The number of aromatic nitrogens is 1. The zero-order valence-corrected chi connectivity index (χ0v) is 7.22. The third kappa shape index (κ3) is 0.894. The molecule has 10 heavy (non-hydrogen) atoms. The molecule has 1 fully saturated rings. The zero-order valence-electron chi connectivity index (χ0n) is 6.22. The maximum absolute atomic E-state index is 4.28. The van der Waals surface area contributed by atoms with Gasteiger partial charge in [-0.15, -0.1) is 0 Å². The Kier molecular flexibility index (Phi) is 1.54. The summed E-state index contributed by atoms with van der Waals surface area (Å²) in [6, 6.07) is 0. The van der Waals surface area contributed by atoms with Gasteiger partial charge in [0.05, 0.1) is 0 Å². The van der Waals surface area contributed by atoms with Gasteiger partial charge in [-0.2, -0.15) is 0 Å². The van der Waals surface area contributed by atoms with Crippen molar-refractivity contribution in [3.63, 3.8) is 0 Å². The zero-order chi connectivity index (χ0) is 6.97. The molecular formula is C8H12NP. The van der Waals surface area contributed by atoms with Crippen molar-refractivity contribution in [1.82, 2.24) is 4.75 Å². The third-order valence-electron chi connectivity index (χ3n) is 2.38. The fraction of sp³-hybridized carbons (Fsp3) is 0.625. The van der Waals surface area contributed by atoms with Gasteiger partial charge in [0.15, 0.2) is 0 Å². The van der Waals surface area contributed by atoms with Gasteiger partial charge in [-0.25, -0.2) is 4.75 Å². The first-order valence-electron chi connectivity index (χ1n) is 3.88. The van der Waals surface area contributed by atoms with E-state index >= 15 is 0 Å². The highest BCUT2D eigenvalue weighted by molar-refractivity contribution is 7.26. The van der Waals surface area contributed by atoms with Crippen LogP contribution in [0, 0.1) is 6.92 Å². The van der Waals surface area contributed by atoms with E-state index < -0.39 is 0 Å². The van der Waals surface area contributed by atoms with Crippen LogP contribution in [0.25, 0.3) is 0 Å². The smallest absolute Gasteiger partial charge is 0.0342 e. The van der Waals surface area contributed by atoms with Gasteiger partial charge in [0.1, 0.15) is 0 Å². The van der Waals surface area contributed by atoms with E-state index in [1.165, 1.54) is 24.8 Å². The Hall–Kier alpha value is -0.290. The van der Waals surface area contributed by atoms with Gasteiger partial charge < -0.3 is 0 Å². The molecule has 0 aliphatic heterocycles. The predicted molar refractivity (Wildman–Crippen MR) is 45.1 cm³/mol. The number of aryl methyl sites for hydroxylation is 1. The molecule has 0 N–H and O–H groups in total. The lowest BCUT2D eigenvalue weighted by molar-refractivity contribution is 0.424. The normalized spacial score (nSPS) is 19.7. The van der Waals surface area contributed by atoms with Crippen molar-refractivity contribution in [3.8, 4) is 0 Å². The average Bonchev–Trinajstić information content (AvgIpc) is 2.12. The molecule has 0 bridgehead atoms. The van der Waals surface area contributed by atoms with Crippen molar-refractivity contribution in [1.29, 1.82) is 0 Å². The fourth-order valence-electron chi connectivity index (χ4n) is 1.47. The van der Waals surface area contributed by atoms with Crippen LogP contribution in [-0.2, 0) is 0 Å². The van der Waals surface area contributed by atoms with Gasteiger partial charge in [0.25, 0.3) is 0 Å². The summed E-state index contributed by atoms with van der Waals surface area (Å²) < 4.78 is 4.28. The van der Waals surface area contributed by atoms with Crippen LogP contribution >= 0.6 is 8.35 Å². The Morgan fingerprint density at radius 2 is 2.40 bits per heavy atom. The Morgan fingerprint density at radius 1 is 1.60 bits per heavy atom. The van der Waals surface area contributed by atoms with E-state index in [9.17, 15) is 0 Å².